The zero-order chi connectivity index (χ0) is 10.0. The zero-order valence-corrected chi connectivity index (χ0v) is 6.67. The minimum absolute atomic E-state index is 0.0111. The van der Waals surface area contributed by atoms with Gasteiger partial charge in [0.15, 0.2) is 0 Å². The Bertz CT molecular complexity index is 261. The Labute approximate surface area is 74.0 Å². The van der Waals surface area contributed by atoms with Crippen molar-refractivity contribution >= 4 is 12.1 Å². The van der Waals surface area contributed by atoms with Gasteiger partial charge in [-0.15, -0.1) is 0 Å². The number of aliphatic carboxylic acids is 1. The van der Waals surface area contributed by atoms with Crippen LogP contribution in [0.25, 0.3) is 0 Å². The first-order chi connectivity index (χ1) is 6.06. The van der Waals surface area contributed by atoms with E-state index in [2.05, 4.69) is 0 Å². The fourth-order valence-corrected chi connectivity index (χ4v) is 1.38. The lowest BCUT2D eigenvalue weighted by Gasteiger charge is -2.16. The Balaban J connectivity index is 2.78. The quantitative estimate of drug-likeness (QED) is 0.595. The molecular formula is C7H8N2O4. The highest BCUT2D eigenvalue weighted by atomic mass is 16.4. The molecular weight excluding hydrogens is 176 g/mol. The number of hydrogen-bond acceptors (Lipinski definition) is 3. The summed E-state index contributed by atoms with van der Waals surface area (Å²) in [7, 11) is 0. The lowest BCUT2D eigenvalue weighted by atomic mass is 10.1. The van der Waals surface area contributed by atoms with E-state index in [-0.39, 0.29) is 13.0 Å². The van der Waals surface area contributed by atoms with Crippen LogP contribution in [-0.2, 0) is 4.79 Å². The maximum absolute atomic E-state index is 10.6. The molecule has 70 valence electrons. The Kier molecular flexibility index (Phi) is 2.37. The molecule has 1 aliphatic heterocycles. The van der Waals surface area contributed by atoms with E-state index in [4.69, 9.17) is 15.5 Å². The fraction of sp³-hybridized carbons (Fsp3) is 0.571. The summed E-state index contributed by atoms with van der Waals surface area (Å²) in [6, 6.07) is 0.798. The summed E-state index contributed by atoms with van der Waals surface area (Å²) in [5.41, 5.74) is 0. The second-order valence-electron chi connectivity index (χ2n) is 2.85. The molecule has 0 saturated carbocycles. The molecule has 6 nitrogen and oxygen atoms in total. The molecule has 0 aliphatic carbocycles. The molecule has 2 N–H and O–H groups in total. The van der Waals surface area contributed by atoms with Gasteiger partial charge in [0.1, 0.15) is 6.04 Å². The van der Waals surface area contributed by atoms with Crippen LogP contribution in [0.1, 0.15) is 6.42 Å². The molecule has 0 radical (unpaired) electrons. The van der Waals surface area contributed by atoms with Crippen molar-refractivity contribution in [3.63, 3.8) is 0 Å². The van der Waals surface area contributed by atoms with Gasteiger partial charge in [0.2, 0.25) is 0 Å². The van der Waals surface area contributed by atoms with Crippen LogP contribution < -0.4 is 0 Å². The van der Waals surface area contributed by atoms with E-state index < -0.39 is 24.0 Å². The lowest BCUT2D eigenvalue weighted by molar-refractivity contribution is -0.141. The summed E-state index contributed by atoms with van der Waals surface area (Å²) >= 11 is 0. The molecule has 1 heterocycles. The standard InChI is InChI=1S/C7H8N2O4/c8-2-4-1-5(6(10)11)9(3-4)7(12)13/h4-5H,1,3H2,(H,10,11)(H,12,13)/t4-,5?/m1/s1. The van der Waals surface area contributed by atoms with Crippen molar-refractivity contribution in [2.45, 2.75) is 12.5 Å². The predicted octanol–water partition coefficient (Wildman–Crippen LogP) is -0.0369. The van der Waals surface area contributed by atoms with Crippen LogP contribution >= 0.6 is 0 Å². The third-order valence-corrected chi connectivity index (χ3v) is 2.01. The van der Waals surface area contributed by atoms with Crippen LogP contribution in [0.4, 0.5) is 4.79 Å². The lowest BCUT2D eigenvalue weighted by Crippen LogP contribution is -2.39. The van der Waals surface area contributed by atoms with E-state index >= 15 is 0 Å². The largest absolute Gasteiger partial charge is 0.480 e. The summed E-state index contributed by atoms with van der Waals surface area (Å²) in [6.07, 6.45) is -1.21. The molecule has 1 aliphatic rings. The van der Waals surface area contributed by atoms with Gasteiger partial charge in [-0.2, -0.15) is 5.26 Å². The molecule has 1 saturated heterocycles. The van der Waals surface area contributed by atoms with Crippen molar-refractivity contribution in [1.82, 2.24) is 4.90 Å². The number of amides is 1. The van der Waals surface area contributed by atoms with E-state index in [1.807, 2.05) is 6.07 Å². The molecule has 1 fully saturated rings. The van der Waals surface area contributed by atoms with Crippen molar-refractivity contribution in [2.24, 2.45) is 5.92 Å². The molecule has 1 unspecified atom stereocenters. The molecule has 13 heavy (non-hydrogen) atoms. The highest BCUT2D eigenvalue weighted by Crippen LogP contribution is 2.22. The Morgan fingerprint density at radius 3 is 2.38 bits per heavy atom. The van der Waals surface area contributed by atoms with Crippen molar-refractivity contribution < 1.29 is 19.8 Å². The maximum Gasteiger partial charge on any atom is 0.408 e. The summed E-state index contributed by atoms with van der Waals surface area (Å²) < 4.78 is 0. The number of hydrogen-bond donors (Lipinski definition) is 2. The van der Waals surface area contributed by atoms with Crippen LogP contribution in [0.15, 0.2) is 0 Å². The van der Waals surface area contributed by atoms with Crippen LogP contribution in [0.5, 0.6) is 0 Å². The van der Waals surface area contributed by atoms with Gasteiger partial charge < -0.3 is 10.2 Å². The van der Waals surface area contributed by atoms with Gasteiger partial charge in [-0.1, -0.05) is 0 Å². The molecule has 0 spiro atoms. The summed E-state index contributed by atoms with van der Waals surface area (Å²) in [4.78, 5) is 21.9. The topological polar surface area (TPSA) is 102 Å². The third-order valence-electron chi connectivity index (χ3n) is 2.01. The van der Waals surface area contributed by atoms with Crippen LogP contribution in [0.2, 0.25) is 0 Å². The second-order valence-corrected chi connectivity index (χ2v) is 2.85. The Hall–Kier alpha value is -1.77. The van der Waals surface area contributed by atoms with E-state index in [0.29, 0.717) is 0 Å². The monoisotopic (exact) mass is 184 g/mol. The predicted molar refractivity (Wildman–Crippen MR) is 39.9 cm³/mol. The molecule has 0 bridgehead atoms. The minimum Gasteiger partial charge on any atom is -0.480 e. The molecule has 0 aromatic carbocycles. The SMILES string of the molecule is N#C[C@H]1CC(C(=O)O)N(C(=O)O)C1. The number of carboxylic acid groups (broad SMARTS) is 2. The van der Waals surface area contributed by atoms with E-state index in [0.717, 1.165) is 4.90 Å². The summed E-state index contributed by atoms with van der Waals surface area (Å²) in [5.74, 6) is -1.70. The van der Waals surface area contributed by atoms with Crippen LogP contribution in [0.3, 0.4) is 0 Å². The van der Waals surface area contributed by atoms with Crippen molar-refractivity contribution in [3.8, 4) is 6.07 Å². The van der Waals surface area contributed by atoms with Gasteiger partial charge >= 0.3 is 12.1 Å². The number of nitrogens with zero attached hydrogens (tertiary/aromatic N) is 2. The molecule has 1 amide bonds. The van der Waals surface area contributed by atoms with Gasteiger partial charge in [0.25, 0.3) is 0 Å². The number of likely N-dealkylation sites (tertiary alicyclic amines) is 1. The fourth-order valence-electron chi connectivity index (χ4n) is 1.38. The van der Waals surface area contributed by atoms with E-state index in [1.54, 1.807) is 0 Å². The normalized spacial score (nSPS) is 26.8. The zero-order valence-electron chi connectivity index (χ0n) is 6.67. The molecule has 0 aromatic rings. The first kappa shape index (κ1) is 9.32. The van der Waals surface area contributed by atoms with E-state index in [1.165, 1.54) is 0 Å². The second kappa shape index (κ2) is 3.31. The number of rotatable bonds is 1. The average molecular weight is 184 g/mol. The smallest absolute Gasteiger partial charge is 0.408 e. The van der Waals surface area contributed by atoms with Gasteiger partial charge in [-0.25, -0.2) is 9.59 Å². The average Bonchev–Trinajstić information content (AvgIpc) is 2.47. The summed E-state index contributed by atoms with van der Waals surface area (Å²) in [5, 5.41) is 25.7. The molecule has 1 rings (SSSR count). The van der Waals surface area contributed by atoms with Gasteiger partial charge in [0.05, 0.1) is 12.0 Å². The minimum atomic E-state index is -1.29. The van der Waals surface area contributed by atoms with E-state index in [9.17, 15) is 9.59 Å². The first-order valence-corrected chi connectivity index (χ1v) is 3.68. The third kappa shape index (κ3) is 1.69. The molecule has 2 atom stereocenters. The van der Waals surface area contributed by atoms with Crippen molar-refractivity contribution in [3.05, 3.63) is 0 Å². The highest BCUT2D eigenvalue weighted by molar-refractivity contribution is 5.80. The maximum atomic E-state index is 10.6. The Morgan fingerprint density at radius 2 is 2.08 bits per heavy atom. The number of carboxylic acids is 1. The first-order valence-electron chi connectivity index (χ1n) is 3.68. The molecule has 6 heteroatoms. The molecule has 0 aromatic heterocycles. The van der Waals surface area contributed by atoms with Gasteiger partial charge in [0, 0.05) is 6.54 Å². The van der Waals surface area contributed by atoms with Crippen molar-refractivity contribution in [2.75, 3.05) is 6.54 Å². The van der Waals surface area contributed by atoms with Crippen LogP contribution in [0, 0.1) is 17.2 Å². The van der Waals surface area contributed by atoms with Crippen LogP contribution in [-0.4, -0.2) is 39.8 Å². The van der Waals surface area contributed by atoms with Gasteiger partial charge in [-0.3, -0.25) is 4.90 Å². The van der Waals surface area contributed by atoms with Crippen molar-refractivity contribution in [1.29, 1.82) is 5.26 Å². The summed E-state index contributed by atoms with van der Waals surface area (Å²) in [6.45, 7) is -0.0111. The number of carbonyl (C=O) groups is 2. The van der Waals surface area contributed by atoms with Gasteiger partial charge in [-0.05, 0) is 6.42 Å². The highest BCUT2D eigenvalue weighted by Gasteiger charge is 2.39. The number of nitriles is 1. The Morgan fingerprint density at radius 1 is 1.46 bits per heavy atom.